The third-order valence-corrected chi connectivity index (χ3v) is 3.38. The SMILES string of the molecule is Cc1ccc(NC(=O)[C@H](C)Oc2ccc(Br)cc2F)cc1. The maximum Gasteiger partial charge on any atom is 0.265 e. The minimum absolute atomic E-state index is 0.0461. The topological polar surface area (TPSA) is 38.3 Å². The highest BCUT2D eigenvalue weighted by Gasteiger charge is 2.16. The van der Waals surface area contributed by atoms with Gasteiger partial charge < -0.3 is 10.1 Å². The number of rotatable bonds is 4. The van der Waals surface area contributed by atoms with Crippen molar-refractivity contribution in [3.8, 4) is 5.75 Å². The highest BCUT2D eigenvalue weighted by atomic mass is 79.9. The number of aryl methyl sites for hydroxylation is 1. The van der Waals surface area contributed by atoms with E-state index in [9.17, 15) is 9.18 Å². The Morgan fingerprint density at radius 1 is 1.24 bits per heavy atom. The van der Waals surface area contributed by atoms with Crippen LogP contribution in [0.15, 0.2) is 46.9 Å². The molecule has 1 N–H and O–H groups in total. The minimum Gasteiger partial charge on any atom is -0.478 e. The average molecular weight is 352 g/mol. The van der Waals surface area contributed by atoms with Gasteiger partial charge in [0.2, 0.25) is 0 Å². The van der Waals surface area contributed by atoms with Crippen molar-refractivity contribution in [3.05, 3.63) is 58.3 Å². The number of carbonyl (C=O) groups excluding carboxylic acids is 1. The predicted octanol–water partition coefficient (Wildman–Crippen LogP) is 4.30. The zero-order chi connectivity index (χ0) is 15.4. The van der Waals surface area contributed by atoms with Crippen LogP contribution in [0, 0.1) is 12.7 Å². The first-order valence-corrected chi connectivity index (χ1v) is 7.24. The van der Waals surface area contributed by atoms with E-state index in [1.807, 2.05) is 19.1 Å². The standard InChI is InChI=1S/C16H15BrFNO2/c1-10-3-6-13(7-4-10)19-16(20)11(2)21-15-8-5-12(17)9-14(15)18/h3-9,11H,1-2H3,(H,19,20)/t11-/m0/s1. The van der Waals surface area contributed by atoms with Gasteiger partial charge in [-0.05, 0) is 44.2 Å². The molecular formula is C16H15BrFNO2. The van der Waals surface area contributed by atoms with E-state index in [0.29, 0.717) is 10.2 Å². The molecule has 2 rings (SSSR count). The smallest absolute Gasteiger partial charge is 0.265 e. The van der Waals surface area contributed by atoms with Crippen molar-refractivity contribution in [3.63, 3.8) is 0 Å². The van der Waals surface area contributed by atoms with Gasteiger partial charge in [0, 0.05) is 10.2 Å². The lowest BCUT2D eigenvalue weighted by Gasteiger charge is -2.15. The Labute approximate surface area is 131 Å². The summed E-state index contributed by atoms with van der Waals surface area (Å²) in [6.07, 6.45) is -0.804. The van der Waals surface area contributed by atoms with E-state index in [-0.39, 0.29) is 11.7 Å². The van der Waals surface area contributed by atoms with Gasteiger partial charge in [-0.3, -0.25) is 4.79 Å². The fourth-order valence-electron chi connectivity index (χ4n) is 1.70. The Kier molecular flexibility index (Phi) is 4.96. The third kappa shape index (κ3) is 4.29. The van der Waals surface area contributed by atoms with E-state index < -0.39 is 11.9 Å². The van der Waals surface area contributed by atoms with Gasteiger partial charge in [0.15, 0.2) is 17.7 Å². The fraction of sp³-hybridized carbons (Fsp3) is 0.188. The Morgan fingerprint density at radius 2 is 1.90 bits per heavy atom. The van der Waals surface area contributed by atoms with Crippen LogP contribution in [0.1, 0.15) is 12.5 Å². The lowest BCUT2D eigenvalue weighted by Crippen LogP contribution is -2.30. The molecule has 0 bridgehead atoms. The van der Waals surface area contributed by atoms with Crippen LogP contribution in [0.2, 0.25) is 0 Å². The highest BCUT2D eigenvalue weighted by Crippen LogP contribution is 2.22. The molecule has 1 amide bonds. The summed E-state index contributed by atoms with van der Waals surface area (Å²) in [6, 6.07) is 11.8. The van der Waals surface area contributed by atoms with Gasteiger partial charge in [-0.25, -0.2) is 4.39 Å². The zero-order valence-electron chi connectivity index (χ0n) is 11.7. The van der Waals surface area contributed by atoms with Gasteiger partial charge in [0.05, 0.1) is 0 Å². The van der Waals surface area contributed by atoms with Crippen molar-refractivity contribution in [2.45, 2.75) is 20.0 Å². The van der Waals surface area contributed by atoms with E-state index >= 15 is 0 Å². The molecule has 0 aliphatic heterocycles. The van der Waals surface area contributed by atoms with Crippen LogP contribution in [0.25, 0.3) is 0 Å². The summed E-state index contributed by atoms with van der Waals surface area (Å²) >= 11 is 3.17. The molecule has 0 saturated heterocycles. The van der Waals surface area contributed by atoms with Crippen LogP contribution in [0.4, 0.5) is 10.1 Å². The van der Waals surface area contributed by atoms with Gasteiger partial charge in [-0.15, -0.1) is 0 Å². The van der Waals surface area contributed by atoms with Crippen molar-refractivity contribution >= 4 is 27.5 Å². The monoisotopic (exact) mass is 351 g/mol. The highest BCUT2D eigenvalue weighted by molar-refractivity contribution is 9.10. The quantitative estimate of drug-likeness (QED) is 0.891. The second-order valence-corrected chi connectivity index (χ2v) is 5.61. The van der Waals surface area contributed by atoms with E-state index in [1.54, 1.807) is 25.1 Å². The van der Waals surface area contributed by atoms with Crippen LogP contribution in [-0.4, -0.2) is 12.0 Å². The van der Waals surface area contributed by atoms with Gasteiger partial charge in [-0.1, -0.05) is 33.6 Å². The first kappa shape index (κ1) is 15.5. The molecule has 110 valence electrons. The first-order chi connectivity index (χ1) is 9.95. The lowest BCUT2D eigenvalue weighted by atomic mass is 10.2. The Hall–Kier alpha value is -1.88. The van der Waals surface area contributed by atoms with Crippen LogP contribution < -0.4 is 10.1 Å². The Bertz CT molecular complexity index is 643. The summed E-state index contributed by atoms with van der Waals surface area (Å²) < 4.78 is 19.6. The normalized spacial score (nSPS) is 11.8. The van der Waals surface area contributed by atoms with E-state index in [1.165, 1.54) is 12.1 Å². The summed E-state index contributed by atoms with van der Waals surface area (Å²) in [4.78, 5) is 12.0. The van der Waals surface area contributed by atoms with E-state index in [4.69, 9.17) is 4.74 Å². The number of amides is 1. The van der Waals surface area contributed by atoms with Crippen molar-refractivity contribution in [2.24, 2.45) is 0 Å². The fourth-order valence-corrected chi connectivity index (χ4v) is 2.03. The third-order valence-electron chi connectivity index (χ3n) is 2.89. The summed E-state index contributed by atoms with van der Waals surface area (Å²) in [6.45, 7) is 3.54. The van der Waals surface area contributed by atoms with Crippen LogP contribution >= 0.6 is 15.9 Å². The number of carbonyl (C=O) groups is 1. The molecule has 21 heavy (non-hydrogen) atoms. The Morgan fingerprint density at radius 3 is 2.52 bits per heavy atom. The van der Waals surface area contributed by atoms with Crippen molar-refractivity contribution in [1.29, 1.82) is 0 Å². The van der Waals surface area contributed by atoms with Crippen LogP contribution in [0.5, 0.6) is 5.75 Å². The predicted molar refractivity (Wildman–Crippen MR) is 84.0 cm³/mol. The number of hydrogen-bond donors (Lipinski definition) is 1. The number of hydrogen-bond acceptors (Lipinski definition) is 2. The van der Waals surface area contributed by atoms with Crippen molar-refractivity contribution in [2.75, 3.05) is 5.32 Å². The molecule has 0 fully saturated rings. The second-order valence-electron chi connectivity index (χ2n) is 4.69. The molecule has 0 aliphatic carbocycles. The van der Waals surface area contributed by atoms with Crippen molar-refractivity contribution in [1.82, 2.24) is 0 Å². The molecule has 0 aliphatic rings. The number of halogens is 2. The molecule has 5 heteroatoms. The van der Waals surface area contributed by atoms with Gasteiger partial charge in [0.1, 0.15) is 0 Å². The van der Waals surface area contributed by atoms with Crippen LogP contribution in [-0.2, 0) is 4.79 Å². The summed E-state index contributed by atoms with van der Waals surface area (Å²) in [7, 11) is 0. The van der Waals surface area contributed by atoms with E-state index in [0.717, 1.165) is 5.56 Å². The number of ether oxygens (including phenoxy) is 1. The number of nitrogens with one attached hydrogen (secondary N) is 1. The molecule has 2 aromatic rings. The minimum atomic E-state index is -0.804. The van der Waals surface area contributed by atoms with Gasteiger partial charge >= 0.3 is 0 Å². The van der Waals surface area contributed by atoms with Gasteiger partial charge in [-0.2, -0.15) is 0 Å². The molecule has 0 radical (unpaired) electrons. The molecule has 2 aromatic carbocycles. The zero-order valence-corrected chi connectivity index (χ0v) is 13.3. The molecule has 0 spiro atoms. The van der Waals surface area contributed by atoms with Gasteiger partial charge in [0.25, 0.3) is 5.91 Å². The first-order valence-electron chi connectivity index (χ1n) is 6.45. The summed E-state index contributed by atoms with van der Waals surface area (Å²) in [5.41, 5.74) is 1.78. The molecular weight excluding hydrogens is 337 g/mol. The van der Waals surface area contributed by atoms with Crippen LogP contribution in [0.3, 0.4) is 0 Å². The maximum absolute atomic E-state index is 13.7. The summed E-state index contributed by atoms with van der Waals surface area (Å²) in [5, 5.41) is 2.72. The molecule has 0 heterocycles. The number of benzene rings is 2. The molecule has 3 nitrogen and oxygen atoms in total. The number of anilines is 1. The maximum atomic E-state index is 13.7. The van der Waals surface area contributed by atoms with Crippen molar-refractivity contribution < 1.29 is 13.9 Å². The Balaban J connectivity index is 2.00. The summed E-state index contributed by atoms with van der Waals surface area (Å²) in [5.74, 6) is -0.801. The molecule has 0 unspecified atom stereocenters. The second kappa shape index (κ2) is 6.72. The largest absolute Gasteiger partial charge is 0.478 e. The lowest BCUT2D eigenvalue weighted by molar-refractivity contribution is -0.122. The molecule has 1 atom stereocenters. The molecule has 0 saturated carbocycles. The van der Waals surface area contributed by atoms with E-state index in [2.05, 4.69) is 21.2 Å². The molecule has 0 aromatic heterocycles. The average Bonchev–Trinajstić information content (AvgIpc) is 2.44.